The Labute approximate surface area is 258 Å². The molecular weight excluding hydrogens is 563 g/mol. The zero-order valence-corrected chi connectivity index (χ0v) is 27.0. The molecular formula is C32H53ClF3N5O. The molecule has 42 heavy (non-hydrogen) atoms. The largest absolute Gasteiger partial charge is 0.393 e. The van der Waals surface area contributed by atoms with E-state index in [-0.39, 0.29) is 25.4 Å². The molecule has 0 aromatic heterocycles. The van der Waals surface area contributed by atoms with Crippen molar-refractivity contribution in [1.82, 2.24) is 14.7 Å². The van der Waals surface area contributed by atoms with Crippen molar-refractivity contribution in [3.05, 3.63) is 23.3 Å². The number of carbonyl (C=O) groups is 1. The predicted molar refractivity (Wildman–Crippen MR) is 169 cm³/mol. The Morgan fingerprint density at radius 3 is 1.74 bits per heavy atom. The Balaban J connectivity index is 0.00000484. The number of hydrogen-bond donors (Lipinski definition) is 0. The lowest BCUT2D eigenvalue weighted by Crippen LogP contribution is -2.52. The third-order valence-corrected chi connectivity index (χ3v) is 9.93. The lowest BCUT2D eigenvalue weighted by molar-refractivity contribution is -0.187. The van der Waals surface area contributed by atoms with E-state index in [1.807, 2.05) is 17.0 Å². The second-order valence-electron chi connectivity index (χ2n) is 12.2. The van der Waals surface area contributed by atoms with Crippen molar-refractivity contribution in [3.8, 4) is 0 Å². The summed E-state index contributed by atoms with van der Waals surface area (Å²) in [5.74, 6) is -1.27. The minimum Gasteiger partial charge on any atom is -0.367 e. The highest BCUT2D eigenvalue weighted by Crippen LogP contribution is 2.40. The number of anilines is 2. The number of piperazine rings is 2. The molecule has 240 valence electrons. The Hall–Kier alpha value is -1.55. The molecule has 0 aliphatic carbocycles. The number of likely N-dealkylation sites (tertiary alicyclic amines) is 1. The number of alkyl halides is 3. The van der Waals surface area contributed by atoms with Crippen LogP contribution in [0.5, 0.6) is 0 Å². The number of nitrogens with zero attached hydrogens (tertiary/aromatic N) is 5. The molecule has 0 saturated carbocycles. The minimum absolute atomic E-state index is 0. The Bertz CT molecular complexity index is 972. The Morgan fingerprint density at radius 2 is 1.29 bits per heavy atom. The first-order chi connectivity index (χ1) is 19.7. The van der Waals surface area contributed by atoms with Crippen LogP contribution in [0.1, 0.15) is 82.1 Å². The van der Waals surface area contributed by atoms with E-state index in [1.54, 1.807) is 0 Å². The number of hydrogen-bond acceptors (Lipinski definition) is 6. The maximum Gasteiger partial charge on any atom is 0.393 e. The SMILES string of the molecule is CCC(CC)N1CCN(c2c(C=O)ccc(CN3CCCC(C(F)(F)F)C3)c2N2CCN(C(CC)CC)CC2)CC1.Cl. The van der Waals surface area contributed by atoms with Gasteiger partial charge in [0.1, 0.15) is 0 Å². The van der Waals surface area contributed by atoms with Crippen molar-refractivity contribution in [3.63, 3.8) is 0 Å². The molecule has 0 bridgehead atoms. The summed E-state index contributed by atoms with van der Waals surface area (Å²) < 4.78 is 40.9. The maximum atomic E-state index is 13.6. The van der Waals surface area contributed by atoms with Gasteiger partial charge in [-0.3, -0.25) is 19.5 Å². The molecule has 10 heteroatoms. The van der Waals surface area contributed by atoms with E-state index in [0.717, 1.165) is 101 Å². The first kappa shape index (κ1) is 34.9. The van der Waals surface area contributed by atoms with Crippen LogP contribution in [0.25, 0.3) is 0 Å². The predicted octanol–water partition coefficient (Wildman–Crippen LogP) is 6.32. The first-order valence-corrected chi connectivity index (χ1v) is 16.1. The van der Waals surface area contributed by atoms with Crippen LogP contribution in [0.15, 0.2) is 12.1 Å². The fourth-order valence-corrected chi connectivity index (χ4v) is 7.48. The third-order valence-electron chi connectivity index (χ3n) is 9.93. The van der Waals surface area contributed by atoms with E-state index in [0.29, 0.717) is 37.2 Å². The average Bonchev–Trinajstić information content (AvgIpc) is 2.99. The van der Waals surface area contributed by atoms with Gasteiger partial charge in [-0.2, -0.15) is 13.2 Å². The molecule has 1 atom stereocenters. The van der Waals surface area contributed by atoms with Crippen LogP contribution in [0.4, 0.5) is 24.5 Å². The highest BCUT2D eigenvalue weighted by atomic mass is 35.5. The van der Waals surface area contributed by atoms with Gasteiger partial charge in [0.25, 0.3) is 0 Å². The molecule has 3 aliphatic heterocycles. The number of carbonyl (C=O) groups excluding carboxylic acids is 1. The van der Waals surface area contributed by atoms with Crippen LogP contribution in [0.3, 0.4) is 0 Å². The molecule has 1 aromatic rings. The van der Waals surface area contributed by atoms with Crippen molar-refractivity contribution in [2.24, 2.45) is 5.92 Å². The second kappa shape index (κ2) is 16.0. The molecule has 0 spiro atoms. The standard InChI is InChI=1S/C32H52F3N5O.ClH/c1-5-28(6-2)37-14-18-39(19-15-37)30-25(22-36-13-9-10-27(23-36)32(33,34)35)11-12-26(24-41)31(30)40-20-16-38(17-21-40)29(7-3)8-4;/h11-12,24,27-29H,5-10,13-23H2,1-4H3;1H. The third kappa shape index (κ3) is 8.13. The minimum atomic E-state index is -4.16. The first-order valence-electron chi connectivity index (χ1n) is 16.1. The monoisotopic (exact) mass is 615 g/mol. The van der Waals surface area contributed by atoms with Crippen LogP contribution in [0.2, 0.25) is 0 Å². The van der Waals surface area contributed by atoms with Gasteiger partial charge in [0.15, 0.2) is 6.29 Å². The second-order valence-corrected chi connectivity index (χ2v) is 12.2. The van der Waals surface area contributed by atoms with E-state index >= 15 is 0 Å². The summed E-state index contributed by atoms with van der Waals surface area (Å²) in [4.78, 5) is 24.4. The summed E-state index contributed by atoms with van der Waals surface area (Å²) in [6, 6.07) is 5.06. The molecule has 3 saturated heterocycles. The van der Waals surface area contributed by atoms with Gasteiger partial charge < -0.3 is 9.80 Å². The van der Waals surface area contributed by atoms with E-state index in [2.05, 4.69) is 47.3 Å². The number of halogens is 4. The fourth-order valence-electron chi connectivity index (χ4n) is 7.48. The highest BCUT2D eigenvalue weighted by Gasteiger charge is 2.42. The molecule has 3 fully saturated rings. The summed E-state index contributed by atoms with van der Waals surface area (Å²) in [7, 11) is 0. The summed E-state index contributed by atoms with van der Waals surface area (Å²) in [5.41, 5.74) is 3.80. The van der Waals surface area contributed by atoms with Crippen molar-refractivity contribution >= 4 is 30.1 Å². The van der Waals surface area contributed by atoms with Crippen LogP contribution in [-0.2, 0) is 6.54 Å². The lowest BCUT2D eigenvalue weighted by Gasteiger charge is -2.45. The molecule has 1 aromatic carbocycles. The molecule has 3 heterocycles. The van der Waals surface area contributed by atoms with Gasteiger partial charge in [-0.15, -0.1) is 12.4 Å². The van der Waals surface area contributed by atoms with Gasteiger partial charge in [-0.1, -0.05) is 33.8 Å². The number of benzene rings is 1. The van der Waals surface area contributed by atoms with E-state index in [4.69, 9.17) is 0 Å². The lowest BCUT2D eigenvalue weighted by atomic mass is 9.96. The smallest absolute Gasteiger partial charge is 0.367 e. The summed E-state index contributed by atoms with van der Waals surface area (Å²) in [5, 5.41) is 0. The van der Waals surface area contributed by atoms with Gasteiger partial charge in [0, 0.05) is 83.1 Å². The topological polar surface area (TPSA) is 33.3 Å². The van der Waals surface area contributed by atoms with Crippen molar-refractivity contribution < 1.29 is 18.0 Å². The van der Waals surface area contributed by atoms with Gasteiger partial charge >= 0.3 is 6.18 Å². The quantitative estimate of drug-likeness (QED) is 0.271. The summed E-state index contributed by atoms with van der Waals surface area (Å²) in [6.07, 6.45) is 2.10. The normalized spacial score (nSPS) is 21.7. The van der Waals surface area contributed by atoms with Crippen LogP contribution in [-0.4, -0.2) is 105 Å². The van der Waals surface area contributed by atoms with Crippen LogP contribution >= 0.6 is 12.4 Å². The molecule has 0 N–H and O–H groups in total. The summed E-state index contributed by atoms with van der Waals surface area (Å²) in [6.45, 7) is 17.4. The zero-order valence-electron chi connectivity index (χ0n) is 26.2. The van der Waals surface area contributed by atoms with Gasteiger partial charge in [-0.05, 0) is 56.7 Å². The molecule has 0 radical (unpaired) electrons. The number of aldehydes is 1. The maximum absolute atomic E-state index is 13.6. The fraction of sp³-hybridized carbons (Fsp3) is 0.781. The van der Waals surface area contributed by atoms with Gasteiger partial charge in [0.2, 0.25) is 0 Å². The molecule has 1 unspecified atom stereocenters. The average molecular weight is 616 g/mol. The van der Waals surface area contributed by atoms with Gasteiger partial charge in [0.05, 0.1) is 17.3 Å². The van der Waals surface area contributed by atoms with Crippen molar-refractivity contribution in [2.75, 3.05) is 75.2 Å². The van der Waals surface area contributed by atoms with Crippen molar-refractivity contribution in [1.29, 1.82) is 0 Å². The number of rotatable bonds is 11. The zero-order chi connectivity index (χ0) is 29.6. The molecule has 4 rings (SSSR count). The Morgan fingerprint density at radius 1 is 0.786 bits per heavy atom. The molecule has 3 aliphatic rings. The highest BCUT2D eigenvalue weighted by molar-refractivity contribution is 5.93. The van der Waals surface area contributed by atoms with Crippen LogP contribution in [0, 0.1) is 5.92 Å². The van der Waals surface area contributed by atoms with E-state index < -0.39 is 12.1 Å². The molecule has 0 amide bonds. The van der Waals surface area contributed by atoms with Gasteiger partial charge in [-0.25, -0.2) is 0 Å². The van der Waals surface area contributed by atoms with Crippen molar-refractivity contribution in [2.45, 2.75) is 91.0 Å². The molecule has 6 nitrogen and oxygen atoms in total. The number of piperidine rings is 1. The van der Waals surface area contributed by atoms with E-state index in [9.17, 15) is 18.0 Å². The summed E-state index contributed by atoms with van der Waals surface area (Å²) >= 11 is 0. The van der Waals surface area contributed by atoms with E-state index in [1.165, 1.54) is 0 Å². The Kier molecular flexibility index (Phi) is 13.3. The van der Waals surface area contributed by atoms with Crippen LogP contribution < -0.4 is 9.80 Å².